The van der Waals surface area contributed by atoms with E-state index < -0.39 is 0 Å². The van der Waals surface area contributed by atoms with Crippen molar-refractivity contribution in [1.82, 2.24) is 5.32 Å². The number of para-hydroxylation sites is 1. The zero-order valence-corrected chi connectivity index (χ0v) is 15.1. The van der Waals surface area contributed by atoms with Crippen molar-refractivity contribution in [3.8, 4) is 5.75 Å². The van der Waals surface area contributed by atoms with Crippen molar-refractivity contribution in [3.05, 3.63) is 52.4 Å². The highest BCUT2D eigenvalue weighted by molar-refractivity contribution is 9.10. The van der Waals surface area contributed by atoms with Crippen LogP contribution >= 0.6 is 15.9 Å². The van der Waals surface area contributed by atoms with E-state index in [0.29, 0.717) is 30.2 Å². The molecule has 6 heteroatoms. The number of ether oxygens (including phenoxy) is 2. The lowest BCUT2D eigenvalue weighted by molar-refractivity contribution is 0.0476. The number of furan rings is 1. The standard InChI is InChI=1S/C18H20BrNO4/c1-22-14-5-3-2-4-13(14)18(8-10-23-11-9-18)12-20-17(21)15-6-7-16(19)24-15/h2-7H,8-12H2,1H3,(H,20,21). The van der Waals surface area contributed by atoms with Gasteiger partial charge in [0.1, 0.15) is 5.75 Å². The van der Waals surface area contributed by atoms with Crippen molar-refractivity contribution in [2.24, 2.45) is 0 Å². The molecule has 3 rings (SSSR count). The van der Waals surface area contributed by atoms with Crippen LogP contribution in [0.25, 0.3) is 0 Å². The molecule has 0 saturated carbocycles. The number of hydrogen-bond acceptors (Lipinski definition) is 4. The molecule has 5 nitrogen and oxygen atoms in total. The van der Waals surface area contributed by atoms with Gasteiger partial charge in [-0.2, -0.15) is 0 Å². The Kier molecular flexibility index (Phi) is 5.26. The summed E-state index contributed by atoms with van der Waals surface area (Å²) in [5.74, 6) is 0.917. The molecule has 0 radical (unpaired) electrons. The minimum absolute atomic E-state index is 0.204. The number of carbonyl (C=O) groups excluding carboxylic acids is 1. The van der Waals surface area contributed by atoms with Gasteiger partial charge in [-0.1, -0.05) is 18.2 Å². The molecule has 2 heterocycles. The lowest BCUT2D eigenvalue weighted by atomic mass is 9.73. The van der Waals surface area contributed by atoms with E-state index in [4.69, 9.17) is 13.9 Å². The molecular weight excluding hydrogens is 374 g/mol. The van der Waals surface area contributed by atoms with Crippen molar-refractivity contribution in [1.29, 1.82) is 0 Å². The molecular formula is C18H20BrNO4. The molecule has 1 aromatic heterocycles. The highest BCUT2D eigenvalue weighted by atomic mass is 79.9. The average molecular weight is 394 g/mol. The maximum atomic E-state index is 12.3. The topological polar surface area (TPSA) is 60.7 Å². The maximum Gasteiger partial charge on any atom is 0.287 e. The van der Waals surface area contributed by atoms with Crippen LogP contribution in [-0.2, 0) is 10.2 Å². The van der Waals surface area contributed by atoms with Gasteiger partial charge in [-0.3, -0.25) is 4.79 Å². The second-order valence-corrected chi connectivity index (χ2v) is 6.66. The van der Waals surface area contributed by atoms with E-state index in [1.807, 2.05) is 18.2 Å². The third-order valence-corrected chi connectivity index (χ3v) is 4.94. The van der Waals surface area contributed by atoms with Crippen LogP contribution in [-0.4, -0.2) is 32.8 Å². The molecule has 1 saturated heterocycles. The number of amides is 1. The Balaban J connectivity index is 1.82. The van der Waals surface area contributed by atoms with E-state index in [1.165, 1.54) is 0 Å². The molecule has 1 aliphatic rings. The van der Waals surface area contributed by atoms with Crippen LogP contribution in [0.4, 0.5) is 0 Å². The van der Waals surface area contributed by atoms with E-state index in [2.05, 4.69) is 27.3 Å². The van der Waals surface area contributed by atoms with Crippen LogP contribution in [0.15, 0.2) is 45.5 Å². The number of hydrogen-bond donors (Lipinski definition) is 1. The predicted molar refractivity (Wildman–Crippen MR) is 93.5 cm³/mol. The van der Waals surface area contributed by atoms with Crippen molar-refractivity contribution in [3.63, 3.8) is 0 Å². The zero-order valence-electron chi connectivity index (χ0n) is 13.5. The van der Waals surface area contributed by atoms with Crippen LogP contribution in [0.2, 0.25) is 0 Å². The molecule has 24 heavy (non-hydrogen) atoms. The minimum Gasteiger partial charge on any atom is -0.496 e. The SMILES string of the molecule is COc1ccccc1C1(CNC(=O)c2ccc(Br)o2)CCOCC1. The quantitative estimate of drug-likeness (QED) is 0.843. The number of benzene rings is 1. The summed E-state index contributed by atoms with van der Waals surface area (Å²) in [5, 5.41) is 3.01. The number of rotatable bonds is 5. The second kappa shape index (κ2) is 7.40. The summed E-state index contributed by atoms with van der Waals surface area (Å²) in [6, 6.07) is 11.3. The fourth-order valence-corrected chi connectivity index (χ4v) is 3.47. The third-order valence-electron chi connectivity index (χ3n) is 4.51. The molecule has 0 unspecified atom stereocenters. The van der Waals surface area contributed by atoms with Gasteiger partial charge < -0.3 is 19.2 Å². The molecule has 0 spiro atoms. The Morgan fingerprint density at radius 1 is 1.25 bits per heavy atom. The number of nitrogens with one attached hydrogen (secondary N) is 1. The first-order chi connectivity index (χ1) is 11.6. The van der Waals surface area contributed by atoms with E-state index >= 15 is 0 Å². The molecule has 1 aromatic carbocycles. The molecule has 128 valence electrons. The highest BCUT2D eigenvalue weighted by Gasteiger charge is 2.37. The molecule has 0 atom stereocenters. The monoisotopic (exact) mass is 393 g/mol. The van der Waals surface area contributed by atoms with E-state index in [0.717, 1.165) is 24.2 Å². The van der Waals surface area contributed by atoms with Crippen LogP contribution in [0.3, 0.4) is 0 Å². The summed E-state index contributed by atoms with van der Waals surface area (Å²) in [6.45, 7) is 1.84. The van der Waals surface area contributed by atoms with Crippen LogP contribution < -0.4 is 10.1 Å². The summed E-state index contributed by atoms with van der Waals surface area (Å²) in [4.78, 5) is 12.3. The zero-order chi connectivity index (χ0) is 17.0. The Hall–Kier alpha value is -1.79. The van der Waals surface area contributed by atoms with Crippen LogP contribution in [0.5, 0.6) is 5.75 Å². The predicted octanol–water partition coefficient (Wildman–Crippen LogP) is 3.53. The summed E-state index contributed by atoms with van der Waals surface area (Å²) in [6.07, 6.45) is 1.66. The largest absolute Gasteiger partial charge is 0.496 e. The first-order valence-corrected chi connectivity index (χ1v) is 8.69. The lowest BCUT2D eigenvalue weighted by Crippen LogP contribution is -2.44. The van der Waals surface area contributed by atoms with Crippen molar-refractivity contribution in [2.75, 3.05) is 26.9 Å². The van der Waals surface area contributed by atoms with Gasteiger partial charge in [0, 0.05) is 30.7 Å². The van der Waals surface area contributed by atoms with Gasteiger partial charge >= 0.3 is 0 Å². The number of methoxy groups -OCH3 is 1. The lowest BCUT2D eigenvalue weighted by Gasteiger charge is -2.38. The van der Waals surface area contributed by atoms with Crippen molar-refractivity contribution >= 4 is 21.8 Å². The molecule has 1 aliphatic heterocycles. The summed E-state index contributed by atoms with van der Waals surface area (Å²) >= 11 is 3.21. The molecule has 1 amide bonds. The summed E-state index contributed by atoms with van der Waals surface area (Å²) < 4.78 is 16.9. The van der Waals surface area contributed by atoms with Gasteiger partial charge in [0.05, 0.1) is 7.11 Å². The summed E-state index contributed by atoms with van der Waals surface area (Å²) in [5.41, 5.74) is 0.904. The van der Waals surface area contributed by atoms with Crippen molar-refractivity contribution < 1.29 is 18.7 Å². The van der Waals surface area contributed by atoms with E-state index in [-0.39, 0.29) is 11.3 Å². The molecule has 1 N–H and O–H groups in total. The first-order valence-electron chi connectivity index (χ1n) is 7.89. The average Bonchev–Trinajstić information content (AvgIpc) is 3.07. The van der Waals surface area contributed by atoms with Gasteiger partial charge in [0.25, 0.3) is 5.91 Å². The molecule has 1 fully saturated rings. The Morgan fingerprint density at radius 3 is 2.67 bits per heavy atom. The molecule has 0 aliphatic carbocycles. The fraction of sp³-hybridized carbons (Fsp3) is 0.389. The Morgan fingerprint density at radius 2 is 2.00 bits per heavy atom. The van der Waals surface area contributed by atoms with Crippen LogP contribution in [0, 0.1) is 0 Å². The van der Waals surface area contributed by atoms with Gasteiger partial charge in [-0.25, -0.2) is 0 Å². The maximum absolute atomic E-state index is 12.3. The Bertz CT molecular complexity index is 707. The fourth-order valence-electron chi connectivity index (χ4n) is 3.16. The van der Waals surface area contributed by atoms with Gasteiger partial charge in [-0.15, -0.1) is 0 Å². The Labute approximate surface area is 149 Å². The first kappa shape index (κ1) is 17.0. The normalized spacial score (nSPS) is 16.6. The van der Waals surface area contributed by atoms with Crippen molar-refractivity contribution in [2.45, 2.75) is 18.3 Å². The minimum atomic E-state index is -0.221. The second-order valence-electron chi connectivity index (χ2n) is 5.88. The van der Waals surface area contributed by atoms with Crippen LogP contribution in [0.1, 0.15) is 29.0 Å². The smallest absolute Gasteiger partial charge is 0.287 e. The number of halogens is 1. The highest BCUT2D eigenvalue weighted by Crippen LogP contribution is 2.39. The van der Waals surface area contributed by atoms with Gasteiger partial charge in [0.2, 0.25) is 0 Å². The van der Waals surface area contributed by atoms with Gasteiger partial charge in [0.15, 0.2) is 10.4 Å². The summed E-state index contributed by atoms with van der Waals surface area (Å²) in [7, 11) is 1.67. The molecule has 0 bridgehead atoms. The van der Waals surface area contributed by atoms with E-state index in [9.17, 15) is 4.79 Å². The van der Waals surface area contributed by atoms with Gasteiger partial charge in [-0.05, 0) is 47.0 Å². The van der Waals surface area contributed by atoms with E-state index in [1.54, 1.807) is 19.2 Å². The number of carbonyl (C=O) groups is 1. The third kappa shape index (κ3) is 3.49. The molecule has 2 aromatic rings.